The minimum absolute atomic E-state index is 0.224. The average Bonchev–Trinajstić information content (AvgIpc) is 2.68. The van der Waals surface area contributed by atoms with Gasteiger partial charge in [0.1, 0.15) is 5.75 Å². The van der Waals surface area contributed by atoms with Crippen molar-refractivity contribution in [2.45, 2.75) is 39.7 Å². The second-order valence-electron chi connectivity index (χ2n) is 6.20. The van der Waals surface area contributed by atoms with Crippen LogP contribution in [0.25, 0.3) is 0 Å². The molecule has 9 nitrogen and oxygen atoms in total. The zero-order valence-corrected chi connectivity index (χ0v) is 18.2. The van der Waals surface area contributed by atoms with Crippen LogP contribution in [0.1, 0.15) is 23.1 Å². The van der Waals surface area contributed by atoms with Crippen LogP contribution in [0.15, 0.2) is 29.2 Å². The molecule has 1 aromatic carbocycles. The van der Waals surface area contributed by atoms with E-state index in [4.69, 9.17) is 36.0 Å². The van der Waals surface area contributed by atoms with Crippen molar-refractivity contribution < 1.29 is 28.5 Å². The molecule has 0 amide bonds. The van der Waals surface area contributed by atoms with Crippen LogP contribution in [0.2, 0.25) is 0 Å². The summed E-state index contributed by atoms with van der Waals surface area (Å²) in [6.07, 6.45) is 1.21. The first-order valence-electron chi connectivity index (χ1n) is 8.79. The Labute approximate surface area is 174 Å². The summed E-state index contributed by atoms with van der Waals surface area (Å²) >= 11 is 4.91. The van der Waals surface area contributed by atoms with Gasteiger partial charge in [0.05, 0.1) is 6.61 Å². The number of hydrogen-bond acceptors (Lipinski definition) is 8. The molecule has 2 heterocycles. The van der Waals surface area contributed by atoms with Crippen LogP contribution in [0.3, 0.4) is 0 Å². The number of hydrogen-bond donors (Lipinski definition) is 3. The molecule has 0 spiro atoms. The van der Waals surface area contributed by atoms with Crippen molar-refractivity contribution in [2.24, 2.45) is 0 Å². The first-order chi connectivity index (χ1) is 13.8. The Kier molecular flexibility index (Phi) is 9.38. The molecule has 0 fully saturated rings. The number of rotatable bonds is 6. The van der Waals surface area contributed by atoms with Crippen molar-refractivity contribution in [3.8, 4) is 5.75 Å². The Morgan fingerprint density at radius 3 is 2.83 bits per heavy atom. The molecule has 160 valence electrons. The topological polar surface area (TPSA) is 115 Å². The van der Waals surface area contributed by atoms with Crippen LogP contribution in [0.4, 0.5) is 0 Å². The van der Waals surface area contributed by atoms with Gasteiger partial charge in [-0.25, -0.2) is 0 Å². The number of ether oxygens (including phenoxy) is 1. The summed E-state index contributed by atoms with van der Waals surface area (Å²) < 4.78 is 22.4. The molecular weight excluding hydrogens is 419 g/mol. The number of aliphatic hydroxyl groups excluding tert-OH is 2. The lowest BCUT2D eigenvalue weighted by atomic mass is 10.1. The van der Waals surface area contributed by atoms with Gasteiger partial charge in [0.15, 0.2) is 17.9 Å². The zero-order chi connectivity index (χ0) is 21.4. The standard InChI is InChI=1S/C10H13O4P.C8H12N2O3S/c1-7-3-8(2)10-9(4-7)5-12-15(14-10)13-6-11;1-13-7(12)3-5-10-4-2-6(11)9-8(10)14/h3-4,11H,5-6H2,1-2H3;2,4,7,12H,3,5H2,1H3,(H,9,11,14)/t;7-/m.0/s1. The van der Waals surface area contributed by atoms with Crippen molar-refractivity contribution in [1.82, 2.24) is 9.55 Å². The van der Waals surface area contributed by atoms with Gasteiger partial charge in [-0.2, -0.15) is 0 Å². The summed E-state index contributed by atoms with van der Waals surface area (Å²) in [5.74, 6) is 0.825. The molecule has 2 aromatic rings. The van der Waals surface area contributed by atoms with Crippen molar-refractivity contribution in [1.29, 1.82) is 0 Å². The normalized spacial score (nSPS) is 16.2. The van der Waals surface area contributed by atoms with Crippen LogP contribution >= 0.6 is 20.8 Å². The van der Waals surface area contributed by atoms with E-state index in [1.165, 1.54) is 18.7 Å². The summed E-state index contributed by atoms with van der Waals surface area (Å²) in [7, 11) is -0.00689. The highest BCUT2D eigenvalue weighted by Gasteiger charge is 2.24. The van der Waals surface area contributed by atoms with Crippen LogP contribution < -0.4 is 10.1 Å². The van der Waals surface area contributed by atoms with E-state index in [0.717, 1.165) is 16.9 Å². The maximum atomic E-state index is 10.8. The van der Waals surface area contributed by atoms with Gasteiger partial charge in [0.25, 0.3) is 5.56 Å². The molecule has 3 N–H and O–H groups in total. The van der Waals surface area contributed by atoms with Gasteiger partial charge in [-0.15, -0.1) is 0 Å². The smallest absolute Gasteiger partial charge is 0.399 e. The van der Waals surface area contributed by atoms with E-state index >= 15 is 0 Å². The van der Waals surface area contributed by atoms with Crippen molar-refractivity contribution in [2.75, 3.05) is 13.9 Å². The number of benzene rings is 1. The van der Waals surface area contributed by atoms with E-state index in [1.54, 1.807) is 10.8 Å². The van der Waals surface area contributed by atoms with Gasteiger partial charge < -0.3 is 24.0 Å². The summed E-state index contributed by atoms with van der Waals surface area (Å²) in [6.45, 7) is 4.62. The molecule has 0 bridgehead atoms. The Bertz CT molecular complexity index is 918. The fourth-order valence-electron chi connectivity index (χ4n) is 2.60. The summed E-state index contributed by atoms with van der Waals surface area (Å²) in [5, 5.41) is 17.7. The number of aromatic nitrogens is 2. The third-order valence-corrected chi connectivity index (χ3v) is 5.27. The highest BCUT2D eigenvalue weighted by molar-refractivity contribution is 7.71. The second kappa shape index (κ2) is 11.5. The van der Waals surface area contributed by atoms with Gasteiger partial charge in [0.2, 0.25) is 0 Å². The number of nitrogens with zero attached hydrogens (tertiary/aromatic N) is 1. The number of methoxy groups -OCH3 is 1. The Hall–Kier alpha value is -1.65. The maximum Gasteiger partial charge on any atom is 0.399 e. The molecule has 29 heavy (non-hydrogen) atoms. The minimum Gasteiger partial charge on any atom is -0.426 e. The molecule has 0 saturated heterocycles. The fourth-order valence-corrected chi connectivity index (χ4v) is 3.78. The SMILES string of the molecule is CO[C@H](O)CCn1ccc(=O)[nH]c1=S.Cc1cc(C)c2c(c1)COP(OCO)O2. The van der Waals surface area contributed by atoms with E-state index in [1.807, 2.05) is 19.9 Å². The average molecular weight is 444 g/mol. The zero-order valence-electron chi connectivity index (χ0n) is 16.5. The van der Waals surface area contributed by atoms with Gasteiger partial charge >= 0.3 is 8.60 Å². The minimum atomic E-state index is -1.43. The number of fused-ring (bicyclic) bond motifs is 1. The first kappa shape index (κ1) is 23.6. The monoisotopic (exact) mass is 444 g/mol. The van der Waals surface area contributed by atoms with Crippen molar-refractivity contribution in [3.05, 3.63) is 56.2 Å². The lowest BCUT2D eigenvalue weighted by Gasteiger charge is -2.24. The predicted octanol–water partition coefficient (Wildman–Crippen LogP) is 2.67. The molecule has 1 aliphatic heterocycles. The molecule has 0 saturated carbocycles. The van der Waals surface area contributed by atoms with Gasteiger partial charge in [-0.3, -0.25) is 18.8 Å². The Morgan fingerprint density at radius 2 is 2.17 bits per heavy atom. The lowest BCUT2D eigenvalue weighted by Crippen LogP contribution is -2.16. The van der Waals surface area contributed by atoms with Crippen molar-refractivity contribution >= 4 is 20.8 Å². The number of aromatic amines is 1. The van der Waals surface area contributed by atoms with Crippen LogP contribution in [-0.2, 0) is 26.9 Å². The predicted molar refractivity (Wildman–Crippen MR) is 110 cm³/mol. The highest BCUT2D eigenvalue weighted by Crippen LogP contribution is 2.48. The number of aryl methyl sites for hydroxylation is 3. The Balaban J connectivity index is 0.000000208. The molecule has 3 rings (SSSR count). The molecule has 1 aliphatic rings. The molecule has 0 radical (unpaired) electrons. The third kappa shape index (κ3) is 7.27. The summed E-state index contributed by atoms with van der Waals surface area (Å²) in [5.41, 5.74) is 3.07. The Morgan fingerprint density at radius 1 is 1.41 bits per heavy atom. The number of aliphatic hydroxyl groups is 2. The van der Waals surface area contributed by atoms with Gasteiger partial charge in [-0.1, -0.05) is 17.7 Å². The molecule has 11 heteroatoms. The van der Waals surface area contributed by atoms with Crippen LogP contribution in [0, 0.1) is 18.6 Å². The second-order valence-corrected chi connectivity index (χ2v) is 7.73. The van der Waals surface area contributed by atoms with Gasteiger partial charge in [0, 0.05) is 37.9 Å². The maximum absolute atomic E-state index is 10.8. The molecule has 0 aliphatic carbocycles. The van der Waals surface area contributed by atoms with E-state index in [-0.39, 0.29) is 12.4 Å². The summed E-state index contributed by atoms with van der Waals surface area (Å²) in [4.78, 5) is 13.3. The number of H-pyrrole nitrogens is 1. The number of nitrogens with one attached hydrogen (secondary N) is 1. The molecule has 1 aromatic heterocycles. The lowest BCUT2D eigenvalue weighted by molar-refractivity contribution is -0.0803. The van der Waals surface area contributed by atoms with E-state index in [9.17, 15) is 4.79 Å². The van der Waals surface area contributed by atoms with Gasteiger partial charge in [-0.05, 0) is 31.6 Å². The summed E-state index contributed by atoms with van der Waals surface area (Å²) in [6, 6.07) is 5.47. The molecule has 1 unspecified atom stereocenters. The fraction of sp³-hybridized carbons (Fsp3) is 0.444. The molecule has 2 atom stereocenters. The van der Waals surface area contributed by atoms with Crippen molar-refractivity contribution in [3.63, 3.8) is 0 Å². The van der Waals surface area contributed by atoms with Crippen LogP contribution in [0.5, 0.6) is 5.75 Å². The van der Waals surface area contributed by atoms with E-state index < -0.39 is 14.9 Å². The van der Waals surface area contributed by atoms with E-state index in [2.05, 4.69) is 15.8 Å². The largest absolute Gasteiger partial charge is 0.426 e. The van der Waals surface area contributed by atoms with Crippen LogP contribution in [-0.4, -0.2) is 40.0 Å². The first-order valence-corrected chi connectivity index (χ1v) is 10.3. The van der Waals surface area contributed by atoms with E-state index in [0.29, 0.717) is 24.3 Å². The third-order valence-electron chi connectivity index (χ3n) is 3.94. The quantitative estimate of drug-likeness (QED) is 0.354. The molecular formula is C18H25N2O7PS. The highest BCUT2D eigenvalue weighted by atomic mass is 32.1.